The van der Waals surface area contributed by atoms with Gasteiger partial charge in [-0.2, -0.15) is 0 Å². The van der Waals surface area contributed by atoms with Gasteiger partial charge in [0.2, 0.25) is 0 Å². The fourth-order valence-corrected chi connectivity index (χ4v) is 5.79. The van der Waals surface area contributed by atoms with E-state index >= 15 is 0 Å². The van der Waals surface area contributed by atoms with Gasteiger partial charge in [-0.25, -0.2) is 9.67 Å². The van der Waals surface area contributed by atoms with Crippen molar-refractivity contribution in [2.45, 2.75) is 0 Å². The highest BCUT2D eigenvalue weighted by Crippen LogP contribution is 2.53. The quantitative estimate of drug-likeness (QED) is 0.213. The number of hydrogen-bond acceptors (Lipinski definition) is 4. The molecular weight excluding hydrogens is 526 g/mol. The Morgan fingerprint density at radius 2 is 0.767 bits per heavy atom. The lowest BCUT2D eigenvalue weighted by Gasteiger charge is -2.40. The van der Waals surface area contributed by atoms with Gasteiger partial charge < -0.3 is 9.80 Å². The van der Waals surface area contributed by atoms with E-state index in [4.69, 9.17) is 10.1 Å². The van der Waals surface area contributed by atoms with Gasteiger partial charge >= 0.3 is 0 Å². The topological polar surface area (TPSA) is 37.2 Å². The first-order valence-corrected chi connectivity index (χ1v) is 14.4. The van der Waals surface area contributed by atoms with Crippen molar-refractivity contribution in [3.8, 4) is 28.5 Å². The average Bonchev–Trinajstić information content (AvgIpc) is 3.54. The van der Waals surface area contributed by atoms with Crippen molar-refractivity contribution in [3.05, 3.63) is 164 Å². The lowest BCUT2D eigenvalue weighted by atomic mass is 10.0. The van der Waals surface area contributed by atoms with Gasteiger partial charge in [0.25, 0.3) is 0 Å². The summed E-state index contributed by atoms with van der Waals surface area (Å²) in [6.07, 6.45) is 0. The van der Waals surface area contributed by atoms with Crippen molar-refractivity contribution in [1.29, 1.82) is 0 Å². The van der Waals surface area contributed by atoms with Crippen molar-refractivity contribution in [2.75, 3.05) is 9.80 Å². The summed E-state index contributed by atoms with van der Waals surface area (Å²) >= 11 is 0. The number of hydrogen-bond donors (Lipinski definition) is 0. The second kappa shape index (κ2) is 10.5. The molecule has 0 atom stereocenters. The van der Waals surface area contributed by atoms with Gasteiger partial charge in [0.15, 0.2) is 11.6 Å². The molecule has 0 amide bonds. The smallest absolute Gasteiger partial charge is 0.182 e. The molecule has 0 saturated heterocycles. The fourth-order valence-electron chi connectivity index (χ4n) is 5.79. The molecule has 0 radical (unpaired) electrons. The molecule has 0 N–H and O–H groups in total. The molecule has 0 aliphatic carbocycles. The largest absolute Gasteiger partial charge is 0.306 e. The SMILES string of the molecule is c1ccc(-c2nc(-c3ccc(N4c5ccccc5N(c5ccccc5)c5ccccc54)cc3)nn2-c2ccccc2)cc1. The molecule has 0 saturated carbocycles. The maximum Gasteiger partial charge on any atom is 0.182 e. The minimum atomic E-state index is 0.684. The van der Waals surface area contributed by atoms with Crippen LogP contribution in [0.4, 0.5) is 34.1 Å². The zero-order valence-corrected chi connectivity index (χ0v) is 23.3. The number of anilines is 6. The van der Waals surface area contributed by atoms with E-state index in [0.29, 0.717) is 5.82 Å². The predicted molar refractivity (Wildman–Crippen MR) is 175 cm³/mol. The Morgan fingerprint density at radius 1 is 0.349 bits per heavy atom. The molecule has 5 nitrogen and oxygen atoms in total. The highest BCUT2D eigenvalue weighted by atomic mass is 15.4. The van der Waals surface area contributed by atoms with Gasteiger partial charge in [-0.3, -0.25) is 0 Å². The summed E-state index contributed by atoms with van der Waals surface area (Å²) in [5.74, 6) is 1.50. The van der Waals surface area contributed by atoms with Gasteiger partial charge in [-0.15, -0.1) is 5.10 Å². The Hall–Kier alpha value is -5.94. The summed E-state index contributed by atoms with van der Waals surface area (Å²) in [7, 11) is 0. The van der Waals surface area contributed by atoms with Crippen LogP contribution in [0.3, 0.4) is 0 Å². The Kier molecular flexibility index (Phi) is 6.05. The van der Waals surface area contributed by atoms with Crippen LogP contribution in [0.5, 0.6) is 0 Å². The summed E-state index contributed by atoms with van der Waals surface area (Å²) in [6, 6.07) is 56.6. The van der Waals surface area contributed by atoms with Crippen LogP contribution in [0, 0.1) is 0 Å². The second-order valence-electron chi connectivity index (χ2n) is 10.4. The highest BCUT2D eigenvalue weighted by molar-refractivity contribution is 6.01. The molecule has 0 spiro atoms. The van der Waals surface area contributed by atoms with Crippen molar-refractivity contribution in [2.24, 2.45) is 0 Å². The molecule has 1 aromatic heterocycles. The third-order valence-electron chi connectivity index (χ3n) is 7.77. The summed E-state index contributed by atoms with van der Waals surface area (Å²) in [5.41, 5.74) is 9.66. The Bertz CT molecular complexity index is 1910. The van der Waals surface area contributed by atoms with Gasteiger partial charge in [-0.1, -0.05) is 91.0 Å². The van der Waals surface area contributed by atoms with E-state index in [1.54, 1.807) is 0 Å². The minimum Gasteiger partial charge on any atom is -0.306 e. The first kappa shape index (κ1) is 24.8. The van der Waals surface area contributed by atoms with Crippen LogP contribution in [0.15, 0.2) is 164 Å². The van der Waals surface area contributed by atoms with E-state index in [-0.39, 0.29) is 0 Å². The van der Waals surface area contributed by atoms with Gasteiger partial charge in [0, 0.05) is 22.5 Å². The third kappa shape index (κ3) is 4.35. The van der Waals surface area contributed by atoms with Crippen LogP contribution in [-0.4, -0.2) is 14.8 Å². The molecule has 1 aliphatic rings. The Morgan fingerprint density at radius 3 is 1.28 bits per heavy atom. The minimum absolute atomic E-state index is 0.684. The zero-order chi connectivity index (χ0) is 28.6. The molecule has 5 heteroatoms. The molecule has 2 heterocycles. The van der Waals surface area contributed by atoms with Crippen LogP contribution in [-0.2, 0) is 0 Å². The van der Waals surface area contributed by atoms with Crippen LogP contribution in [0.1, 0.15) is 0 Å². The summed E-state index contributed by atoms with van der Waals surface area (Å²) < 4.78 is 1.92. The van der Waals surface area contributed by atoms with Gasteiger partial charge in [-0.05, 0) is 72.8 Å². The average molecular weight is 554 g/mol. The first-order chi connectivity index (χ1) is 21.3. The number of rotatable bonds is 5. The van der Waals surface area contributed by atoms with Crippen molar-refractivity contribution in [1.82, 2.24) is 14.8 Å². The predicted octanol–water partition coefficient (Wildman–Crippen LogP) is 9.85. The van der Waals surface area contributed by atoms with Crippen molar-refractivity contribution < 1.29 is 0 Å². The van der Waals surface area contributed by atoms with Crippen molar-refractivity contribution >= 4 is 34.1 Å². The number of benzene rings is 6. The van der Waals surface area contributed by atoms with E-state index in [1.165, 1.54) is 0 Å². The summed E-state index contributed by atoms with van der Waals surface area (Å²) in [6.45, 7) is 0. The maximum absolute atomic E-state index is 5.02. The molecule has 0 bridgehead atoms. The Balaban J connectivity index is 1.22. The van der Waals surface area contributed by atoms with Crippen molar-refractivity contribution in [3.63, 3.8) is 0 Å². The van der Waals surface area contributed by atoms with E-state index in [2.05, 4.69) is 137 Å². The van der Waals surface area contributed by atoms with Crippen LogP contribution in [0.2, 0.25) is 0 Å². The number of aromatic nitrogens is 3. The van der Waals surface area contributed by atoms with E-state index in [0.717, 1.165) is 56.8 Å². The second-order valence-corrected chi connectivity index (χ2v) is 10.4. The lowest BCUT2D eigenvalue weighted by molar-refractivity contribution is 0.890. The number of nitrogens with zero attached hydrogens (tertiary/aromatic N) is 5. The van der Waals surface area contributed by atoms with E-state index in [1.807, 2.05) is 41.1 Å². The standard InChI is InChI=1S/C38H27N5/c1-4-14-29(15-5-1)38-39-37(40-43(38)32-18-8-3-9-19-32)28-24-26-31(27-25-28)42-35-22-12-10-20-33(35)41(30-16-6-2-7-17-30)34-21-11-13-23-36(34)42/h1-27H. The summed E-state index contributed by atoms with van der Waals surface area (Å²) in [4.78, 5) is 9.68. The third-order valence-corrected chi connectivity index (χ3v) is 7.77. The number of fused-ring (bicyclic) bond motifs is 2. The van der Waals surface area contributed by atoms with Gasteiger partial charge in [0.05, 0.1) is 28.4 Å². The van der Waals surface area contributed by atoms with Gasteiger partial charge in [0.1, 0.15) is 0 Å². The maximum atomic E-state index is 5.02. The summed E-state index contributed by atoms with van der Waals surface area (Å²) in [5, 5.41) is 4.97. The first-order valence-electron chi connectivity index (χ1n) is 14.4. The highest BCUT2D eigenvalue weighted by Gasteiger charge is 2.30. The van der Waals surface area contributed by atoms with Crippen LogP contribution >= 0.6 is 0 Å². The number of para-hydroxylation sites is 6. The normalized spacial score (nSPS) is 12.1. The van der Waals surface area contributed by atoms with Crippen LogP contribution < -0.4 is 9.80 Å². The molecule has 43 heavy (non-hydrogen) atoms. The Labute approximate surface area is 250 Å². The van der Waals surface area contributed by atoms with E-state index < -0.39 is 0 Å². The monoisotopic (exact) mass is 553 g/mol. The lowest BCUT2D eigenvalue weighted by Crippen LogP contribution is -2.23. The molecule has 0 unspecified atom stereocenters. The molecule has 1 aliphatic heterocycles. The molecule has 7 aromatic rings. The van der Waals surface area contributed by atoms with Crippen LogP contribution in [0.25, 0.3) is 28.5 Å². The molecule has 0 fully saturated rings. The fraction of sp³-hybridized carbons (Fsp3) is 0. The molecule has 204 valence electrons. The van der Waals surface area contributed by atoms with E-state index in [9.17, 15) is 0 Å². The molecule has 6 aromatic carbocycles. The zero-order valence-electron chi connectivity index (χ0n) is 23.3. The molecule has 8 rings (SSSR count). The molecular formula is C38H27N5.